The smallest absolute Gasteiger partial charge is 0.246 e. The van der Waals surface area contributed by atoms with Crippen LogP contribution in [0.3, 0.4) is 0 Å². The molecule has 4 aliphatic rings. The van der Waals surface area contributed by atoms with Crippen molar-refractivity contribution >= 4 is 34.5 Å². The highest BCUT2D eigenvalue weighted by Gasteiger charge is 2.34. The van der Waals surface area contributed by atoms with E-state index >= 15 is 0 Å². The predicted octanol–water partition coefficient (Wildman–Crippen LogP) is 11.8. The van der Waals surface area contributed by atoms with E-state index in [1.807, 2.05) is 34.2 Å². The average molecular weight is 887 g/mol. The predicted molar refractivity (Wildman–Crippen MR) is 256 cm³/mol. The van der Waals surface area contributed by atoms with E-state index in [-0.39, 0.29) is 35.9 Å². The van der Waals surface area contributed by atoms with E-state index in [0.29, 0.717) is 44.4 Å². The number of allylic oxidation sites excluding steroid dienone is 1. The van der Waals surface area contributed by atoms with Crippen LogP contribution in [0.4, 0.5) is 0 Å². The summed E-state index contributed by atoms with van der Waals surface area (Å²) in [6, 6.07) is 29.8. The van der Waals surface area contributed by atoms with Gasteiger partial charge in [-0.1, -0.05) is 61.2 Å². The average Bonchev–Trinajstić information content (AvgIpc) is 4.17. The van der Waals surface area contributed by atoms with Gasteiger partial charge in [-0.25, -0.2) is 9.97 Å². The zero-order chi connectivity index (χ0) is 43.6. The Morgan fingerprint density at radius 1 is 0.656 bits per heavy atom. The molecule has 8 nitrogen and oxygen atoms in total. The molecular weight excluding hydrogens is 833 g/mol. The second-order valence-electron chi connectivity index (χ2n) is 17.6. The Hall–Kier alpha value is -5.84. The molecule has 2 aliphatic heterocycles. The van der Waals surface area contributed by atoms with Gasteiger partial charge < -0.3 is 19.3 Å². The summed E-state index contributed by atoms with van der Waals surface area (Å²) in [6.07, 6.45) is 18.8. The lowest BCUT2D eigenvalue weighted by molar-refractivity contribution is -0.127. The van der Waals surface area contributed by atoms with Gasteiger partial charge in [0.25, 0.3) is 0 Å². The summed E-state index contributed by atoms with van der Waals surface area (Å²) in [6.45, 7) is 8.22. The highest BCUT2D eigenvalue weighted by atomic mass is 32.1. The van der Waals surface area contributed by atoms with E-state index in [1.165, 1.54) is 58.2 Å². The van der Waals surface area contributed by atoms with Gasteiger partial charge in [-0.3, -0.25) is 9.59 Å². The van der Waals surface area contributed by atoms with Crippen LogP contribution in [0.25, 0.3) is 22.3 Å². The number of pyridine rings is 2. The van der Waals surface area contributed by atoms with Gasteiger partial charge >= 0.3 is 0 Å². The van der Waals surface area contributed by atoms with Crippen molar-refractivity contribution in [3.8, 4) is 34.0 Å². The minimum atomic E-state index is -0.0787. The van der Waals surface area contributed by atoms with Crippen LogP contribution in [0, 0.1) is 6.92 Å². The molecule has 0 spiro atoms. The van der Waals surface area contributed by atoms with E-state index in [1.54, 1.807) is 34.9 Å². The molecule has 2 fully saturated rings. The normalized spacial score (nSPS) is 18.9. The molecule has 64 heavy (non-hydrogen) atoms. The molecule has 6 aromatic rings. The van der Waals surface area contributed by atoms with Gasteiger partial charge in [0, 0.05) is 74.4 Å². The summed E-state index contributed by atoms with van der Waals surface area (Å²) >= 11 is 3.51. The molecule has 6 heterocycles. The Morgan fingerprint density at radius 3 is 1.72 bits per heavy atom. The van der Waals surface area contributed by atoms with Gasteiger partial charge in [0.15, 0.2) is 0 Å². The SMILES string of the molecule is C=CC(=O)N1Cc2sc(C/C=C/C(=O)N3Cc4sc(C)cc4[C@@H](c4ccccc4-c4cccnc4OC4CCCC4)C3)cc2[C@H](c2ccccc2-c2cccnc2OC2CCCC2)C1. The van der Waals surface area contributed by atoms with Crippen molar-refractivity contribution < 1.29 is 19.1 Å². The molecule has 0 N–H and O–H groups in total. The van der Waals surface area contributed by atoms with Crippen LogP contribution < -0.4 is 9.47 Å². The number of hydrogen-bond donors (Lipinski definition) is 0. The van der Waals surface area contributed by atoms with Crippen molar-refractivity contribution in [1.82, 2.24) is 19.8 Å². The second kappa shape index (κ2) is 18.7. The van der Waals surface area contributed by atoms with Crippen molar-refractivity contribution in [1.29, 1.82) is 0 Å². The molecule has 0 saturated heterocycles. The summed E-state index contributed by atoms with van der Waals surface area (Å²) < 4.78 is 13.1. The van der Waals surface area contributed by atoms with Crippen molar-refractivity contribution in [3.05, 3.63) is 164 Å². The number of fused-ring (bicyclic) bond motifs is 2. The van der Waals surface area contributed by atoms with E-state index in [9.17, 15) is 9.59 Å². The fourth-order valence-corrected chi connectivity index (χ4v) is 12.6. The molecule has 326 valence electrons. The molecule has 10 rings (SSSR count). The molecule has 0 unspecified atom stereocenters. The molecule has 2 aromatic carbocycles. The number of hydrogen-bond acceptors (Lipinski definition) is 8. The van der Waals surface area contributed by atoms with Gasteiger partial charge in [-0.15, -0.1) is 22.7 Å². The number of rotatable bonds is 12. The largest absolute Gasteiger partial charge is 0.474 e. The fraction of sp³-hybridized carbons (Fsp3) is 0.333. The number of amides is 2. The first kappa shape index (κ1) is 42.1. The quantitative estimate of drug-likeness (QED) is 0.114. The van der Waals surface area contributed by atoms with Gasteiger partial charge in [0.05, 0.1) is 13.1 Å². The van der Waals surface area contributed by atoms with Crippen LogP contribution in [0.1, 0.15) is 105 Å². The Bertz CT molecular complexity index is 2710. The maximum Gasteiger partial charge on any atom is 0.246 e. The van der Waals surface area contributed by atoms with Crippen LogP contribution in [0.2, 0.25) is 0 Å². The third-order valence-corrected chi connectivity index (χ3v) is 15.6. The third-order valence-electron chi connectivity index (χ3n) is 13.4. The first-order valence-electron chi connectivity index (χ1n) is 22.9. The number of ether oxygens (including phenoxy) is 2. The standard InChI is InChI=1S/C54H54N4O4S2/c1-3-51(59)57-31-48(42-23-11-9-21-40(42)44-25-14-28-56-54(44)62-37-17-6-7-18-37)46-30-38(64-50(46)34-57)19-12-26-52(60)58-32-47(45-29-35(2)63-49(45)33-58)41-22-10-8-20-39(41)43-24-13-27-55-53(43)61-36-15-4-5-16-36/h3,8-14,20-30,36-37,47-48H,1,4-7,15-19,31-34H2,2H3/b26-12+/t47-,48+/m1/s1. The van der Waals surface area contributed by atoms with Gasteiger partial charge in [-0.05, 0) is 140 Å². The molecule has 2 atom stereocenters. The van der Waals surface area contributed by atoms with Crippen LogP contribution >= 0.6 is 22.7 Å². The molecule has 2 aliphatic carbocycles. The Balaban J connectivity index is 0.904. The lowest BCUT2D eigenvalue weighted by Gasteiger charge is -2.33. The van der Waals surface area contributed by atoms with Crippen LogP contribution in [0.5, 0.6) is 11.8 Å². The Kier molecular flexibility index (Phi) is 12.3. The topological polar surface area (TPSA) is 84.9 Å². The van der Waals surface area contributed by atoms with Gasteiger partial charge in [0.2, 0.25) is 23.6 Å². The molecule has 4 aromatic heterocycles. The molecule has 10 heteroatoms. The van der Waals surface area contributed by atoms with Crippen LogP contribution in [-0.2, 0) is 29.1 Å². The van der Waals surface area contributed by atoms with Crippen LogP contribution in [0.15, 0.2) is 122 Å². The third kappa shape index (κ3) is 8.70. The Morgan fingerprint density at radius 2 is 1.16 bits per heavy atom. The van der Waals surface area contributed by atoms with E-state index in [4.69, 9.17) is 19.4 Å². The fourth-order valence-electron chi connectivity index (χ4n) is 10.3. The van der Waals surface area contributed by atoms with Crippen molar-refractivity contribution in [2.75, 3.05) is 13.1 Å². The van der Waals surface area contributed by atoms with Gasteiger partial charge in [0.1, 0.15) is 12.2 Å². The van der Waals surface area contributed by atoms with E-state index < -0.39 is 0 Å². The molecule has 0 bridgehead atoms. The summed E-state index contributed by atoms with van der Waals surface area (Å²) in [7, 11) is 0. The monoisotopic (exact) mass is 886 g/mol. The Labute approximate surface area is 384 Å². The maximum absolute atomic E-state index is 14.2. The highest BCUT2D eigenvalue weighted by Crippen LogP contribution is 2.45. The van der Waals surface area contributed by atoms with E-state index in [2.05, 4.69) is 86.3 Å². The first-order chi connectivity index (χ1) is 31.4. The second-order valence-corrected chi connectivity index (χ2v) is 20.2. The summed E-state index contributed by atoms with van der Waals surface area (Å²) in [5, 5.41) is 0. The maximum atomic E-state index is 14.2. The molecular formula is C54H54N4O4S2. The summed E-state index contributed by atoms with van der Waals surface area (Å²) in [5.41, 5.74) is 8.98. The summed E-state index contributed by atoms with van der Waals surface area (Å²) in [4.78, 5) is 45.6. The summed E-state index contributed by atoms with van der Waals surface area (Å²) in [5.74, 6) is 1.22. The molecule has 0 radical (unpaired) electrons. The number of benzene rings is 2. The minimum Gasteiger partial charge on any atom is -0.474 e. The van der Waals surface area contributed by atoms with E-state index in [0.717, 1.165) is 63.3 Å². The zero-order valence-corrected chi connectivity index (χ0v) is 38.0. The number of thiophene rings is 2. The van der Waals surface area contributed by atoms with Crippen molar-refractivity contribution in [3.63, 3.8) is 0 Å². The number of aryl methyl sites for hydroxylation is 1. The molecule has 2 amide bonds. The van der Waals surface area contributed by atoms with Crippen molar-refractivity contribution in [2.45, 2.75) is 102 Å². The zero-order valence-electron chi connectivity index (χ0n) is 36.4. The van der Waals surface area contributed by atoms with Gasteiger partial charge in [-0.2, -0.15) is 0 Å². The molecule has 2 saturated carbocycles. The number of nitrogens with zero attached hydrogens (tertiary/aromatic N) is 4. The minimum absolute atomic E-state index is 0.00357. The number of carbonyl (C=O) groups excluding carboxylic acids is 2. The van der Waals surface area contributed by atoms with Crippen LogP contribution in [-0.4, -0.2) is 56.9 Å². The number of aromatic nitrogens is 2. The number of carbonyl (C=O) groups is 2. The lowest BCUT2D eigenvalue weighted by Crippen LogP contribution is -2.37. The van der Waals surface area contributed by atoms with Crippen molar-refractivity contribution in [2.24, 2.45) is 0 Å². The first-order valence-corrected chi connectivity index (χ1v) is 24.5. The highest BCUT2D eigenvalue weighted by molar-refractivity contribution is 7.12. The lowest BCUT2D eigenvalue weighted by atomic mass is 9.83.